The molecule has 0 bridgehead atoms. The number of aromatic nitrogens is 4. The second kappa shape index (κ2) is 6.23. The second-order valence-corrected chi connectivity index (χ2v) is 5.63. The molecular formula is C16H16F3N5O. The molecule has 2 heterocycles. The summed E-state index contributed by atoms with van der Waals surface area (Å²) in [5.41, 5.74) is 2.20. The normalized spacial score (nSPS) is 11.8. The van der Waals surface area contributed by atoms with Crippen molar-refractivity contribution in [2.45, 2.75) is 19.6 Å². The van der Waals surface area contributed by atoms with Gasteiger partial charge in [-0.25, -0.2) is 15.0 Å². The van der Waals surface area contributed by atoms with Crippen molar-refractivity contribution in [2.75, 3.05) is 19.1 Å². The summed E-state index contributed by atoms with van der Waals surface area (Å²) in [5, 5.41) is 0. The number of imidazole rings is 1. The van der Waals surface area contributed by atoms with Gasteiger partial charge in [-0.15, -0.1) is 0 Å². The van der Waals surface area contributed by atoms with Crippen molar-refractivity contribution in [2.24, 2.45) is 0 Å². The third kappa shape index (κ3) is 3.35. The van der Waals surface area contributed by atoms with E-state index in [1.165, 1.54) is 6.33 Å². The van der Waals surface area contributed by atoms with E-state index >= 15 is 0 Å². The van der Waals surface area contributed by atoms with Crippen LogP contribution in [0.4, 0.5) is 19.0 Å². The van der Waals surface area contributed by atoms with Crippen molar-refractivity contribution in [1.82, 2.24) is 19.9 Å². The Morgan fingerprint density at radius 3 is 2.64 bits per heavy atom. The van der Waals surface area contributed by atoms with E-state index in [4.69, 9.17) is 4.74 Å². The smallest absolute Gasteiger partial charge is 0.451 e. The highest BCUT2D eigenvalue weighted by Gasteiger charge is 2.36. The number of hydrogen-bond acceptors (Lipinski definition) is 5. The van der Waals surface area contributed by atoms with Crippen molar-refractivity contribution >= 4 is 17.0 Å². The van der Waals surface area contributed by atoms with E-state index in [1.54, 1.807) is 19.1 Å². The van der Waals surface area contributed by atoms with Crippen LogP contribution < -0.4 is 9.64 Å². The largest absolute Gasteiger partial charge is 0.496 e. The van der Waals surface area contributed by atoms with Crippen molar-refractivity contribution in [3.05, 3.63) is 41.5 Å². The van der Waals surface area contributed by atoms with Crippen LogP contribution in [0.2, 0.25) is 0 Å². The lowest BCUT2D eigenvalue weighted by atomic mass is 10.1. The predicted molar refractivity (Wildman–Crippen MR) is 86.5 cm³/mol. The van der Waals surface area contributed by atoms with Gasteiger partial charge in [0.2, 0.25) is 5.82 Å². The Kier molecular flexibility index (Phi) is 4.23. The number of anilines is 1. The summed E-state index contributed by atoms with van der Waals surface area (Å²) in [6.45, 7) is 2.27. The van der Waals surface area contributed by atoms with Gasteiger partial charge >= 0.3 is 6.18 Å². The number of benzene rings is 1. The lowest BCUT2D eigenvalue weighted by molar-refractivity contribution is -0.144. The van der Waals surface area contributed by atoms with E-state index in [0.29, 0.717) is 12.1 Å². The second-order valence-electron chi connectivity index (χ2n) is 5.63. The SMILES string of the molecule is COc1ccc(CN(C)c2nc(C(F)(F)F)nc3nc[nH]c23)cc1C. The number of hydrogen-bond donors (Lipinski definition) is 1. The first kappa shape index (κ1) is 17.0. The zero-order valence-corrected chi connectivity index (χ0v) is 13.8. The zero-order valence-electron chi connectivity index (χ0n) is 13.8. The van der Waals surface area contributed by atoms with Crippen LogP contribution in [0.3, 0.4) is 0 Å². The van der Waals surface area contributed by atoms with Crippen LogP contribution in [-0.4, -0.2) is 34.1 Å². The number of rotatable bonds is 4. The highest BCUT2D eigenvalue weighted by atomic mass is 19.4. The summed E-state index contributed by atoms with van der Waals surface area (Å²) in [7, 11) is 3.25. The molecule has 0 saturated heterocycles. The highest BCUT2D eigenvalue weighted by Crippen LogP contribution is 2.31. The lowest BCUT2D eigenvalue weighted by Crippen LogP contribution is -2.21. The van der Waals surface area contributed by atoms with E-state index < -0.39 is 12.0 Å². The Morgan fingerprint density at radius 2 is 2.00 bits per heavy atom. The van der Waals surface area contributed by atoms with E-state index in [-0.39, 0.29) is 11.5 Å². The zero-order chi connectivity index (χ0) is 18.2. The molecule has 2 aromatic heterocycles. The summed E-state index contributed by atoms with van der Waals surface area (Å²) >= 11 is 0. The van der Waals surface area contributed by atoms with Crippen molar-refractivity contribution in [3.63, 3.8) is 0 Å². The number of methoxy groups -OCH3 is 1. The van der Waals surface area contributed by atoms with Gasteiger partial charge in [0.05, 0.1) is 13.4 Å². The minimum absolute atomic E-state index is 0.0184. The van der Waals surface area contributed by atoms with Gasteiger partial charge in [0.15, 0.2) is 11.5 Å². The molecule has 0 amide bonds. The van der Waals surface area contributed by atoms with Crippen molar-refractivity contribution in [3.8, 4) is 5.75 Å². The van der Waals surface area contributed by atoms with Crippen LogP contribution in [0.15, 0.2) is 24.5 Å². The molecule has 25 heavy (non-hydrogen) atoms. The topological polar surface area (TPSA) is 66.9 Å². The number of fused-ring (bicyclic) bond motifs is 1. The number of aryl methyl sites for hydroxylation is 1. The summed E-state index contributed by atoms with van der Waals surface area (Å²) in [6.07, 6.45) is -3.34. The van der Waals surface area contributed by atoms with Gasteiger partial charge in [0.1, 0.15) is 11.3 Å². The van der Waals surface area contributed by atoms with Gasteiger partial charge in [-0.2, -0.15) is 13.2 Å². The predicted octanol–water partition coefficient (Wildman–Crippen LogP) is 3.33. The third-order valence-corrected chi connectivity index (χ3v) is 3.76. The number of aromatic amines is 1. The number of ether oxygens (including phenoxy) is 1. The first-order valence-corrected chi connectivity index (χ1v) is 7.42. The van der Waals surface area contributed by atoms with Gasteiger partial charge < -0.3 is 14.6 Å². The van der Waals surface area contributed by atoms with E-state index in [1.807, 2.05) is 25.1 Å². The number of halogens is 3. The summed E-state index contributed by atoms with van der Waals surface area (Å²) in [4.78, 5) is 15.4. The lowest BCUT2D eigenvalue weighted by Gasteiger charge is -2.20. The maximum atomic E-state index is 13.0. The Balaban J connectivity index is 1.97. The molecule has 6 nitrogen and oxygen atoms in total. The molecule has 0 fully saturated rings. The monoisotopic (exact) mass is 351 g/mol. The molecule has 0 aliphatic heterocycles. The highest BCUT2D eigenvalue weighted by molar-refractivity contribution is 5.83. The van der Waals surface area contributed by atoms with E-state index in [2.05, 4.69) is 19.9 Å². The molecular weight excluding hydrogens is 335 g/mol. The first-order chi connectivity index (χ1) is 11.8. The van der Waals surface area contributed by atoms with Crippen LogP contribution in [-0.2, 0) is 12.7 Å². The van der Waals surface area contributed by atoms with Crippen LogP contribution in [0, 0.1) is 6.92 Å². The summed E-state index contributed by atoms with van der Waals surface area (Å²) < 4.78 is 44.3. The molecule has 0 atom stereocenters. The fourth-order valence-corrected chi connectivity index (χ4v) is 2.61. The van der Waals surface area contributed by atoms with Gasteiger partial charge in [-0.1, -0.05) is 12.1 Å². The standard InChI is InChI=1S/C16H16F3N5O/c1-9-6-10(4-5-11(9)25-3)7-24(2)14-12-13(21-8-20-12)22-15(23-14)16(17,18)19/h4-6,8H,7H2,1-3H3,(H,20,21,22,23). The van der Waals surface area contributed by atoms with Crippen LogP contribution in [0.5, 0.6) is 5.75 Å². The molecule has 9 heteroatoms. The van der Waals surface area contributed by atoms with Crippen LogP contribution >= 0.6 is 0 Å². The molecule has 0 unspecified atom stereocenters. The maximum Gasteiger partial charge on any atom is 0.451 e. The Bertz CT molecular complexity index is 906. The summed E-state index contributed by atoms with van der Waals surface area (Å²) in [6, 6.07) is 5.61. The first-order valence-electron chi connectivity index (χ1n) is 7.42. The average molecular weight is 351 g/mol. The molecule has 3 aromatic rings. The van der Waals surface area contributed by atoms with E-state index in [0.717, 1.165) is 16.9 Å². The molecule has 132 valence electrons. The van der Waals surface area contributed by atoms with Gasteiger partial charge in [0, 0.05) is 13.6 Å². The molecule has 0 radical (unpaired) electrons. The van der Waals surface area contributed by atoms with Crippen LogP contribution in [0.25, 0.3) is 11.2 Å². The van der Waals surface area contributed by atoms with Gasteiger partial charge in [0.25, 0.3) is 0 Å². The quantitative estimate of drug-likeness (QED) is 0.781. The number of H-pyrrole nitrogens is 1. The van der Waals surface area contributed by atoms with Crippen molar-refractivity contribution < 1.29 is 17.9 Å². The van der Waals surface area contributed by atoms with Gasteiger partial charge in [-0.05, 0) is 24.1 Å². The maximum absolute atomic E-state index is 13.0. The Morgan fingerprint density at radius 1 is 1.24 bits per heavy atom. The molecule has 3 rings (SSSR count). The number of nitrogens with one attached hydrogen (secondary N) is 1. The van der Waals surface area contributed by atoms with Gasteiger partial charge in [-0.3, -0.25) is 0 Å². The fourth-order valence-electron chi connectivity index (χ4n) is 2.61. The number of alkyl halides is 3. The minimum Gasteiger partial charge on any atom is -0.496 e. The number of nitrogens with zero attached hydrogens (tertiary/aromatic N) is 4. The average Bonchev–Trinajstić information content (AvgIpc) is 3.01. The summed E-state index contributed by atoms with van der Waals surface area (Å²) in [5.74, 6) is -0.313. The molecule has 0 spiro atoms. The Hall–Kier alpha value is -2.84. The third-order valence-electron chi connectivity index (χ3n) is 3.76. The van der Waals surface area contributed by atoms with E-state index in [9.17, 15) is 13.2 Å². The van der Waals surface area contributed by atoms with Crippen LogP contribution in [0.1, 0.15) is 17.0 Å². The molecule has 0 saturated carbocycles. The molecule has 1 N–H and O–H groups in total. The molecule has 0 aliphatic carbocycles. The Labute approximate surface area is 141 Å². The fraction of sp³-hybridized carbons (Fsp3) is 0.312. The molecule has 1 aromatic carbocycles. The van der Waals surface area contributed by atoms with Crippen molar-refractivity contribution in [1.29, 1.82) is 0 Å². The molecule has 0 aliphatic rings. The minimum atomic E-state index is -4.64.